The fourth-order valence-corrected chi connectivity index (χ4v) is 13.3. The summed E-state index contributed by atoms with van der Waals surface area (Å²) in [5.74, 6) is 0.740. The van der Waals surface area contributed by atoms with E-state index < -0.39 is 22.9 Å². The van der Waals surface area contributed by atoms with Crippen molar-refractivity contribution in [1.82, 2.24) is 5.32 Å². The van der Waals surface area contributed by atoms with Crippen LogP contribution >= 0.6 is 11.8 Å². The van der Waals surface area contributed by atoms with Gasteiger partial charge in [0.15, 0.2) is 5.78 Å². The molecule has 0 spiro atoms. The Kier molecular flexibility index (Phi) is 8.94. The fraction of sp³-hybridized carbons (Fsp3) is 0.800. The van der Waals surface area contributed by atoms with E-state index in [-0.39, 0.29) is 51.6 Å². The van der Waals surface area contributed by atoms with Crippen LogP contribution in [0.2, 0.25) is 0 Å². The van der Waals surface area contributed by atoms with Crippen molar-refractivity contribution in [3.63, 3.8) is 0 Å². The van der Waals surface area contributed by atoms with Crippen molar-refractivity contribution in [2.24, 2.45) is 51.2 Å². The average molecular weight is 682 g/mol. The molecule has 0 radical (unpaired) electrons. The number of hydrogen-bond donors (Lipinski definition) is 2. The van der Waals surface area contributed by atoms with E-state index in [1.807, 2.05) is 0 Å². The first-order valence-electron chi connectivity index (χ1n) is 18.6. The first-order chi connectivity index (χ1) is 22.3. The maximum absolute atomic E-state index is 13.8. The van der Waals surface area contributed by atoms with Gasteiger partial charge in [-0.1, -0.05) is 47.6 Å². The first kappa shape index (κ1) is 35.7. The number of carbonyl (C=O) groups is 4. The molecule has 1 heterocycles. The Hall–Kier alpha value is -2.09. The number of allylic oxidation sites excluding steroid dienone is 3. The Morgan fingerprint density at radius 2 is 1.69 bits per heavy atom. The van der Waals surface area contributed by atoms with Crippen LogP contribution in [0.3, 0.4) is 0 Å². The van der Waals surface area contributed by atoms with Gasteiger partial charge in [-0.05, 0) is 135 Å². The minimum Gasteiger partial charge on any atom is -0.481 e. The molecule has 0 saturated heterocycles. The molecular formula is C40H59NO6S. The van der Waals surface area contributed by atoms with Crippen LogP contribution in [-0.4, -0.2) is 45.6 Å². The quantitative estimate of drug-likeness (QED) is 0.260. The number of aliphatic carboxylic acids is 1. The lowest BCUT2D eigenvalue weighted by atomic mass is 9.37. The van der Waals surface area contributed by atoms with E-state index in [9.17, 15) is 24.3 Å². The molecule has 6 aliphatic rings. The second-order valence-corrected chi connectivity index (χ2v) is 19.9. The van der Waals surface area contributed by atoms with Crippen LogP contribution in [0.5, 0.6) is 0 Å². The Balaban J connectivity index is 1.25. The van der Waals surface area contributed by atoms with Crippen molar-refractivity contribution in [2.75, 3.05) is 0 Å². The second kappa shape index (κ2) is 12.0. The number of ketones is 1. The van der Waals surface area contributed by atoms with Crippen molar-refractivity contribution in [1.29, 1.82) is 0 Å². The molecule has 7 nitrogen and oxygen atoms in total. The smallest absolute Gasteiger partial charge is 0.309 e. The SMILES string of the molecule is CC1=CCC(C(=O)N[C@@]23CCC4C(CCC5C6(C)CC[C@H](OC(=O)CC(C)(C)C(=O)O)C(C)(C)C6CC[C@@]45C)C2=C(C(C)C)C(=O)C3)S1. The number of rotatable bonds is 7. The number of carboxylic acid groups (broad SMARTS) is 1. The van der Waals surface area contributed by atoms with Crippen molar-refractivity contribution in [3.05, 3.63) is 22.1 Å². The van der Waals surface area contributed by atoms with Gasteiger partial charge in [0.25, 0.3) is 0 Å². The van der Waals surface area contributed by atoms with Crippen LogP contribution in [0.25, 0.3) is 0 Å². The molecule has 0 aromatic carbocycles. The number of carbonyl (C=O) groups excluding carboxylic acids is 3. The van der Waals surface area contributed by atoms with Gasteiger partial charge >= 0.3 is 11.9 Å². The van der Waals surface area contributed by atoms with E-state index in [2.05, 4.69) is 59.9 Å². The molecule has 5 aliphatic carbocycles. The van der Waals surface area contributed by atoms with Crippen LogP contribution in [0.4, 0.5) is 0 Å². The molecule has 9 atom stereocenters. The summed E-state index contributed by atoms with van der Waals surface area (Å²) in [7, 11) is 0. The summed E-state index contributed by atoms with van der Waals surface area (Å²) in [6, 6.07) is 0. The number of Topliss-reactive ketones (excluding diaryl/α,β-unsaturated/α-hetero) is 1. The lowest BCUT2D eigenvalue weighted by molar-refractivity contribution is -0.213. The van der Waals surface area contributed by atoms with E-state index in [0.717, 1.165) is 63.4 Å². The van der Waals surface area contributed by atoms with Crippen LogP contribution in [0.1, 0.15) is 133 Å². The molecule has 4 saturated carbocycles. The standard InChI is InChI=1S/C40H59NO6S/c1-22(2)32-26(42)20-40(41-34(44)27-12-10-23(3)48-27)19-14-25-24(33(32)40)11-13-29-38(25,8)17-15-28-37(6,7)30(16-18-39(28,29)9)47-31(43)21-36(4,5)35(45)46/h10,22,24-25,27-30H,11-21H2,1-9H3,(H,41,44)(H,45,46)/t24?,25?,27?,28?,29?,30-,38-,39?,40+/m0/s1. The summed E-state index contributed by atoms with van der Waals surface area (Å²) < 4.78 is 6.13. The summed E-state index contributed by atoms with van der Waals surface area (Å²) in [4.78, 5) is 53.4. The van der Waals surface area contributed by atoms with E-state index in [0.29, 0.717) is 30.1 Å². The molecular weight excluding hydrogens is 623 g/mol. The fourth-order valence-electron chi connectivity index (χ4n) is 12.3. The molecule has 1 amide bonds. The number of hydrogen-bond acceptors (Lipinski definition) is 6. The van der Waals surface area contributed by atoms with Crippen molar-refractivity contribution in [2.45, 2.75) is 150 Å². The summed E-state index contributed by atoms with van der Waals surface area (Å²) in [6.45, 7) is 19.1. The van der Waals surface area contributed by atoms with Crippen molar-refractivity contribution < 1.29 is 29.0 Å². The highest BCUT2D eigenvalue weighted by Gasteiger charge is 2.67. The van der Waals surface area contributed by atoms with Crippen molar-refractivity contribution in [3.8, 4) is 0 Å². The minimum atomic E-state index is -1.16. The third-order valence-corrected chi connectivity index (χ3v) is 15.8. The van der Waals surface area contributed by atoms with E-state index in [1.165, 1.54) is 10.5 Å². The molecule has 0 aromatic heterocycles. The molecule has 48 heavy (non-hydrogen) atoms. The lowest BCUT2D eigenvalue weighted by Gasteiger charge is -2.68. The Bertz CT molecular complexity index is 1460. The van der Waals surface area contributed by atoms with Gasteiger partial charge in [0.1, 0.15) is 6.10 Å². The zero-order chi connectivity index (χ0) is 35.2. The topological polar surface area (TPSA) is 110 Å². The zero-order valence-electron chi connectivity index (χ0n) is 30.8. The van der Waals surface area contributed by atoms with Crippen LogP contribution in [0, 0.1) is 51.2 Å². The molecule has 8 heteroatoms. The first-order valence-corrected chi connectivity index (χ1v) is 19.5. The zero-order valence-corrected chi connectivity index (χ0v) is 31.6. The van der Waals surface area contributed by atoms with Gasteiger partial charge in [-0.15, -0.1) is 11.8 Å². The summed E-state index contributed by atoms with van der Waals surface area (Å²) in [5, 5.41) is 13.0. The average Bonchev–Trinajstić information content (AvgIpc) is 3.54. The van der Waals surface area contributed by atoms with Gasteiger partial charge in [-0.2, -0.15) is 0 Å². The molecule has 6 unspecified atom stereocenters. The van der Waals surface area contributed by atoms with Gasteiger partial charge in [0, 0.05) is 11.8 Å². The van der Waals surface area contributed by atoms with Crippen LogP contribution < -0.4 is 5.32 Å². The molecule has 0 bridgehead atoms. The maximum Gasteiger partial charge on any atom is 0.309 e. The van der Waals surface area contributed by atoms with Crippen LogP contribution in [-0.2, 0) is 23.9 Å². The Labute approximate surface area is 292 Å². The summed E-state index contributed by atoms with van der Waals surface area (Å²) in [5.41, 5.74) is 0.571. The highest BCUT2D eigenvalue weighted by molar-refractivity contribution is 8.04. The minimum absolute atomic E-state index is 0.0842. The second-order valence-electron chi connectivity index (χ2n) is 18.5. The van der Waals surface area contributed by atoms with E-state index in [1.54, 1.807) is 25.6 Å². The molecule has 0 aromatic rings. The van der Waals surface area contributed by atoms with E-state index in [4.69, 9.17) is 4.74 Å². The monoisotopic (exact) mass is 681 g/mol. The third kappa shape index (κ3) is 5.53. The predicted molar refractivity (Wildman–Crippen MR) is 189 cm³/mol. The normalized spacial score (nSPS) is 40.4. The third-order valence-electron chi connectivity index (χ3n) is 14.6. The number of thioether (sulfide) groups is 1. The highest BCUT2D eigenvalue weighted by atomic mass is 32.2. The lowest BCUT2D eigenvalue weighted by Crippen LogP contribution is -2.64. The van der Waals surface area contributed by atoms with Gasteiger partial charge in [0.2, 0.25) is 5.91 Å². The summed E-state index contributed by atoms with van der Waals surface area (Å²) in [6.07, 6.45) is 10.9. The van der Waals surface area contributed by atoms with Gasteiger partial charge in [0.05, 0.1) is 22.6 Å². The van der Waals surface area contributed by atoms with E-state index >= 15 is 0 Å². The molecule has 2 N–H and O–H groups in total. The number of carboxylic acids is 1. The summed E-state index contributed by atoms with van der Waals surface area (Å²) >= 11 is 1.65. The number of amides is 1. The number of esters is 1. The predicted octanol–water partition coefficient (Wildman–Crippen LogP) is 8.27. The number of fused-ring (bicyclic) bond motifs is 7. The van der Waals surface area contributed by atoms with Gasteiger partial charge < -0.3 is 15.2 Å². The van der Waals surface area contributed by atoms with Crippen molar-refractivity contribution >= 4 is 35.4 Å². The number of nitrogens with one attached hydrogen (secondary N) is 1. The Morgan fingerprint density at radius 1 is 1.00 bits per heavy atom. The Morgan fingerprint density at radius 3 is 2.31 bits per heavy atom. The molecule has 4 fully saturated rings. The molecule has 1 aliphatic heterocycles. The van der Waals surface area contributed by atoms with Crippen LogP contribution in [0.15, 0.2) is 22.1 Å². The molecule has 266 valence electrons. The maximum atomic E-state index is 13.8. The number of ether oxygens (including phenoxy) is 1. The molecule has 6 rings (SSSR count). The highest BCUT2D eigenvalue weighted by Crippen LogP contribution is 2.72. The van der Waals surface area contributed by atoms with Gasteiger partial charge in [-0.3, -0.25) is 19.2 Å². The van der Waals surface area contributed by atoms with Gasteiger partial charge in [-0.25, -0.2) is 0 Å². The largest absolute Gasteiger partial charge is 0.481 e.